The number of carbonyl (C=O) groups excluding carboxylic acids is 1. The molecule has 30 heavy (non-hydrogen) atoms. The Labute approximate surface area is 185 Å². The van der Waals surface area contributed by atoms with E-state index in [-0.39, 0.29) is 6.54 Å². The lowest BCUT2D eigenvalue weighted by Gasteiger charge is -2.27. The number of amides is 1. The summed E-state index contributed by atoms with van der Waals surface area (Å²) in [5.74, 6) is -0.470. The normalized spacial score (nSPS) is 14.9. The zero-order valence-corrected chi connectivity index (χ0v) is 19.2. The highest BCUT2D eigenvalue weighted by Gasteiger charge is 2.21. The molecule has 160 valence electrons. The van der Waals surface area contributed by atoms with Crippen molar-refractivity contribution in [3.05, 3.63) is 64.6 Å². The number of anilines is 1. The first-order chi connectivity index (χ1) is 14.3. The van der Waals surface area contributed by atoms with E-state index in [4.69, 9.17) is 0 Å². The maximum Gasteiger partial charge on any atom is 0.260 e. The maximum absolute atomic E-state index is 12.3. The zero-order valence-electron chi connectivity index (χ0n) is 16.8. The Hall–Kier alpha value is -2.23. The van der Waals surface area contributed by atoms with Gasteiger partial charge in [0.1, 0.15) is 6.54 Å². The first-order valence-corrected chi connectivity index (χ1v) is 12.3. The van der Waals surface area contributed by atoms with Crippen LogP contribution >= 0.6 is 15.9 Å². The molecular weight excluding hydrogens is 468 g/mol. The first kappa shape index (κ1) is 22.5. The second-order valence-corrected chi connectivity index (χ2v) is 10.0. The number of carbonyl (C=O) groups is 1. The van der Waals surface area contributed by atoms with E-state index < -0.39 is 15.9 Å². The number of rotatable bonds is 7. The van der Waals surface area contributed by atoms with Crippen molar-refractivity contribution in [1.29, 1.82) is 0 Å². The third kappa shape index (κ3) is 6.65. The van der Waals surface area contributed by atoms with Crippen LogP contribution in [0.1, 0.15) is 18.4 Å². The van der Waals surface area contributed by atoms with Crippen LogP contribution in [0.15, 0.2) is 64.2 Å². The summed E-state index contributed by atoms with van der Waals surface area (Å²) in [6.45, 7) is 2.32. The van der Waals surface area contributed by atoms with Crippen molar-refractivity contribution in [3.8, 4) is 0 Å². The monoisotopic (exact) mass is 492 g/mol. The van der Waals surface area contributed by atoms with Crippen LogP contribution in [0.2, 0.25) is 0 Å². The van der Waals surface area contributed by atoms with Crippen molar-refractivity contribution in [2.45, 2.75) is 19.4 Å². The standard InChI is InChI=1S/C21H25BrN4O3S/c1-30(28,29)26(20-9-7-18(22)8-10-20)16-21(27)24-23-19-11-13-25(14-12-19)15-17-5-3-2-4-6-17/h2-10H,11-16H2,1H3,(H,24,27). The SMILES string of the molecule is CS(=O)(=O)N(CC(=O)NN=C1CCN(Cc2ccccc2)CC1)c1ccc(Br)cc1. The minimum absolute atomic E-state index is 0.322. The van der Waals surface area contributed by atoms with Crippen molar-refractivity contribution in [1.82, 2.24) is 10.3 Å². The van der Waals surface area contributed by atoms with E-state index in [9.17, 15) is 13.2 Å². The van der Waals surface area contributed by atoms with Gasteiger partial charge in [-0.3, -0.25) is 14.0 Å². The molecule has 2 aromatic rings. The Balaban J connectivity index is 1.53. The molecule has 7 nitrogen and oxygen atoms in total. The van der Waals surface area contributed by atoms with Crippen molar-refractivity contribution >= 4 is 43.3 Å². The van der Waals surface area contributed by atoms with Crippen LogP contribution in [0.25, 0.3) is 0 Å². The summed E-state index contributed by atoms with van der Waals surface area (Å²) in [5, 5.41) is 4.23. The summed E-state index contributed by atoms with van der Waals surface area (Å²) < 4.78 is 26.2. The van der Waals surface area contributed by atoms with Gasteiger partial charge in [0.15, 0.2) is 0 Å². The molecular formula is C21H25BrN4O3S. The lowest BCUT2D eigenvalue weighted by atomic mass is 10.1. The molecule has 1 amide bonds. The third-order valence-corrected chi connectivity index (χ3v) is 6.49. The van der Waals surface area contributed by atoms with E-state index in [0.717, 1.165) is 53.2 Å². The number of nitrogens with zero attached hydrogens (tertiary/aromatic N) is 3. The van der Waals surface area contributed by atoms with Gasteiger partial charge in [-0.15, -0.1) is 0 Å². The van der Waals surface area contributed by atoms with Crippen LogP contribution in [0, 0.1) is 0 Å². The number of halogens is 1. The highest BCUT2D eigenvalue weighted by atomic mass is 79.9. The number of piperidine rings is 1. The first-order valence-electron chi connectivity index (χ1n) is 9.65. The van der Waals surface area contributed by atoms with Crippen molar-refractivity contribution in [2.75, 3.05) is 30.2 Å². The van der Waals surface area contributed by atoms with Gasteiger partial charge in [0.25, 0.3) is 5.91 Å². The number of hydrazone groups is 1. The Morgan fingerprint density at radius 1 is 1.10 bits per heavy atom. The Morgan fingerprint density at radius 3 is 2.33 bits per heavy atom. The lowest BCUT2D eigenvalue weighted by molar-refractivity contribution is -0.119. The van der Waals surface area contributed by atoms with Gasteiger partial charge in [-0.25, -0.2) is 13.8 Å². The van der Waals surface area contributed by atoms with E-state index in [1.807, 2.05) is 18.2 Å². The predicted octanol–water partition coefficient (Wildman–Crippen LogP) is 2.98. The molecule has 1 saturated heterocycles. The molecule has 0 aromatic heterocycles. The van der Waals surface area contributed by atoms with Gasteiger partial charge in [0.05, 0.1) is 11.9 Å². The largest absolute Gasteiger partial charge is 0.298 e. The van der Waals surface area contributed by atoms with Crippen LogP contribution in [0.3, 0.4) is 0 Å². The lowest BCUT2D eigenvalue weighted by Crippen LogP contribution is -2.40. The number of likely N-dealkylation sites (tertiary alicyclic amines) is 1. The Morgan fingerprint density at radius 2 is 1.73 bits per heavy atom. The molecule has 1 N–H and O–H groups in total. The highest BCUT2D eigenvalue weighted by Crippen LogP contribution is 2.20. The van der Waals surface area contributed by atoms with Gasteiger partial charge in [0.2, 0.25) is 10.0 Å². The van der Waals surface area contributed by atoms with Crippen molar-refractivity contribution in [2.24, 2.45) is 5.10 Å². The van der Waals surface area contributed by atoms with Crippen LogP contribution in [-0.4, -0.2) is 50.8 Å². The van der Waals surface area contributed by atoms with Crippen molar-refractivity contribution in [3.63, 3.8) is 0 Å². The number of hydrogen-bond acceptors (Lipinski definition) is 5. The average molecular weight is 493 g/mol. The summed E-state index contributed by atoms with van der Waals surface area (Å²) >= 11 is 3.32. The number of hydrogen-bond donors (Lipinski definition) is 1. The molecule has 1 heterocycles. The molecule has 0 radical (unpaired) electrons. The minimum atomic E-state index is -3.60. The van der Waals surface area contributed by atoms with Crippen LogP contribution in [-0.2, 0) is 21.4 Å². The highest BCUT2D eigenvalue weighted by molar-refractivity contribution is 9.10. The fraction of sp³-hybridized carbons (Fsp3) is 0.333. The summed E-state index contributed by atoms with van der Waals surface area (Å²) in [7, 11) is -3.60. The maximum atomic E-state index is 12.3. The van der Waals surface area contributed by atoms with Gasteiger partial charge in [0, 0.05) is 42.7 Å². The fourth-order valence-corrected chi connectivity index (χ4v) is 4.36. The number of nitrogens with one attached hydrogen (secondary N) is 1. The van der Waals surface area contributed by atoms with Crippen molar-refractivity contribution < 1.29 is 13.2 Å². The van der Waals surface area contributed by atoms with E-state index >= 15 is 0 Å². The molecule has 1 aliphatic rings. The second-order valence-electron chi connectivity index (χ2n) is 7.22. The molecule has 0 unspecified atom stereocenters. The average Bonchev–Trinajstić information content (AvgIpc) is 2.72. The third-order valence-electron chi connectivity index (χ3n) is 4.82. The van der Waals surface area contributed by atoms with E-state index in [1.54, 1.807) is 24.3 Å². The number of benzene rings is 2. The van der Waals surface area contributed by atoms with Gasteiger partial charge in [-0.2, -0.15) is 5.10 Å². The van der Waals surface area contributed by atoms with E-state index in [0.29, 0.717) is 5.69 Å². The zero-order chi connectivity index (χ0) is 21.6. The number of sulfonamides is 1. The molecule has 0 saturated carbocycles. The Bertz CT molecular complexity index is 985. The molecule has 3 rings (SSSR count). The second kappa shape index (κ2) is 10.2. The van der Waals surface area contributed by atoms with Gasteiger partial charge < -0.3 is 0 Å². The summed E-state index contributed by atoms with van der Waals surface area (Å²) in [6.07, 6.45) is 2.63. The predicted molar refractivity (Wildman–Crippen MR) is 123 cm³/mol. The van der Waals surface area contributed by atoms with Gasteiger partial charge in [-0.1, -0.05) is 46.3 Å². The minimum Gasteiger partial charge on any atom is -0.298 e. The topological polar surface area (TPSA) is 82.1 Å². The van der Waals surface area contributed by atoms with Gasteiger partial charge in [-0.05, 0) is 29.8 Å². The molecule has 1 fully saturated rings. The fourth-order valence-electron chi connectivity index (χ4n) is 3.24. The summed E-state index contributed by atoms with van der Waals surface area (Å²) in [6, 6.07) is 17.1. The molecule has 0 bridgehead atoms. The van der Waals surface area contributed by atoms with E-state index in [1.165, 1.54) is 5.56 Å². The summed E-state index contributed by atoms with van der Waals surface area (Å²) in [4.78, 5) is 14.7. The van der Waals surface area contributed by atoms with Crippen LogP contribution < -0.4 is 9.73 Å². The van der Waals surface area contributed by atoms with Crippen LogP contribution in [0.5, 0.6) is 0 Å². The van der Waals surface area contributed by atoms with Gasteiger partial charge >= 0.3 is 0 Å². The molecule has 0 atom stereocenters. The molecule has 9 heteroatoms. The molecule has 0 aliphatic carbocycles. The molecule has 2 aromatic carbocycles. The smallest absolute Gasteiger partial charge is 0.260 e. The quantitative estimate of drug-likeness (QED) is 0.602. The summed E-state index contributed by atoms with van der Waals surface area (Å²) in [5.41, 5.74) is 5.14. The molecule has 0 spiro atoms. The van der Waals surface area contributed by atoms with Crippen LogP contribution in [0.4, 0.5) is 5.69 Å². The van der Waals surface area contributed by atoms with E-state index in [2.05, 4.69) is 43.5 Å². The Kier molecular flexibility index (Phi) is 7.63. The molecule has 1 aliphatic heterocycles.